The lowest BCUT2D eigenvalue weighted by Gasteiger charge is -2.14. The van der Waals surface area contributed by atoms with Crippen LogP contribution in [-0.4, -0.2) is 11.0 Å². The molecule has 4 rings (SSSR count). The second-order valence-electron chi connectivity index (χ2n) is 5.92. The number of aliphatic hydroxyl groups is 1. The largest absolute Gasteiger partial charge is 0.388 e. The summed E-state index contributed by atoms with van der Waals surface area (Å²) in [5.41, 5.74) is 2.93. The Bertz CT molecular complexity index is 515. The number of carbonyl (C=O) groups is 1. The van der Waals surface area contributed by atoms with E-state index in [1.165, 1.54) is 19.3 Å². The topological polar surface area (TPSA) is 49.3 Å². The minimum atomic E-state index is -0.332. The molecule has 1 aromatic carbocycles. The van der Waals surface area contributed by atoms with E-state index in [4.69, 9.17) is 0 Å². The number of benzene rings is 1. The van der Waals surface area contributed by atoms with Gasteiger partial charge in [0, 0.05) is 5.69 Å². The number of carbonyl (C=O) groups excluding carboxylic acids is 1. The number of aliphatic hydroxyl groups excluding tert-OH is 1. The number of fused-ring (bicyclic) bond motifs is 2. The normalized spacial score (nSPS) is 33.8. The first-order chi connectivity index (χ1) is 8.74. The van der Waals surface area contributed by atoms with Crippen LogP contribution in [0.25, 0.3) is 0 Å². The van der Waals surface area contributed by atoms with E-state index in [0.717, 1.165) is 28.7 Å². The van der Waals surface area contributed by atoms with Gasteiger partial charge >= 0.3 is 0 Å². The Morgan fingerprint density at radius 3 is 2.83 bits per heavy atom. The Morgan fingerprint density at radius 2 is 2.06 bits per heavy atom. The lowest BCUT2D eigenvalue weighted by Crippen LogP contribution is -2.04. The lowest BCUT2D eigenvalue weighted by atomic mass is 9.97. The molecule has 1 aliphatic heterocycles. The third kappa shape index (κ3) is 1.43. The van der Waals surface area contributed by atoms with Crippen LogP contribution >= 0.6 is 0 Å². The van der Waals surface area contributed by atoms with Gasteiger partial charge < -0.3 is 10.4 Å². The van der Waals surface area contributed by atoms with Crippen LogP contribution in [0, 0.1) is 17.8 Å². The number of anilines is 1. The maximum absolute atomic E-state index is 11.3. The van der Waals surface area contributed by atoms with E-state index in [9.17, 15) is 9.90 Å². The summed E-state index contributed by atoms with van der Waals surface area (Å²) in [5.74, 6) is 2.04. The van der Waals surface area contributed by atoms with Crippen LogP contribution in [0.3, 0.4) is 0 Å². The van der Waals surface area contributed by atoms with Crippen molar-refractivity contribution in [3.63, 3.8) is 0 Å². The molecule has 1 amide bonds. The van der Waals surface area contributed by atoms with Crippen molar-refractivity contribution in [1.29, 1.82) is 0 Å². The predicted molar refractivity (Wildman–Crippen MR) is 68.1 cm³/mol. The third-order valence-electron chi connectivity index (χ3n) is 4.93. The van der Waals surface area contributed by atoms with Crippen LogP contribution in [0.15, 0.2) is 18.2 Å². The Balaban J connectivity index is 1.58. The second-order valence-corrected chi connectivity index (χ2v) is 5.92. The zero-order chi connectivity index (χ0) is 12.3. The summed E-state index contributed by atoms with van der Waals surface area (Å²) in [6.07, 6.45) is 4.03. The maximum Gasteiger partial charge on any atom is 0.228 e. The van der Waals surface area contributed by atoms with Gasteiger partial charge in [-0.15, -0.1) is 0 Å². The van der Waals surface area contributed by atoms with Crippen LogP contribution in [0.4, 0.5) is 5.69 Å². The summed E-state index contributed by atoms with van der Waals surface area (Å²) in [6, 6.07) is 5.89. The van der Waals surface area contributed by atoms with Crippen molar-refractivity contribution in [2.45, 2.75) is 31.8 Å². The van der Waals surface area contributed by atoms with Crippen molar-refractivity contribution < 1.29 is 9.90 Å². The molecule has 0 spiro atoms. The molecule has 2 N–H and O–H groups in total. The molecule has 18 heavy (non-hydrogen) atoms. The van der Waals surface area contributed by atoms with E-state index in [2.05, 4.69) is 5.32 Å². The van der Waals surface area contributed by atoms with Gasteiger partial charge in [-0.1, -0.05) is 18.6 Å². The summed E-state index contributed by atoms with van der Waals surface area (Å²) >= 11 is 0. The monoisotopic (exact) mass is 243 g/mol. The Morgan fingerprint density at radius 1 is 1.28 bits per heavy atom. The Labute approximate surface area is 106 Å². The van der Waals surface area contributed by atoms with E-state index in [0.29, 0.717) is 12.3 Å². The lowest BCUT2D eigenvalue weighted by molar-refractivity contribution is -0.115. The van der Waals surface area contributed by atoms with Gasteiger partial charge in [0.2, 0.25) is 5.91 Å². The van der Waals surface area contributed by atoms with Gasteiger partial charge in [-0.05, 0) is 47.8 Å². The Hall–Kier alpha value is -1.35. The SMILES string of the molecule is O=C1Cc2cc(C(O)C3C4CCCC43)ccc2N1. The fourth-order valence-electron chi connectivity index (χ4n) is 4.00. The summed E-state index contributed by atoms with van der Waals surface area (Å²) in [5, 5.41) is 13.3. The number of hydrogen-bond donors (Lipinski definition) is 2. The average molecular weight is 243 g/mol. The molecule has 0 aromatic heterocycles. The van der Waals surface area contributed by atoms with Gasteiger partial charge in [0.05, 0.1) is 12.5 Å². The molecular weight excluding hydrogens is 226 g/mol. The van der Waals surface area contributed by atoms with Gasteiger partial charge in [0.25, 0.3) is 0 Å². The molecule has 2 fully saturated rings. The maximum atomic E-state index is 11.3. The van der Waals surface area contributed by atoms with E-state index in [-0.39, 0.29) is 12.0 Å². The molecule has 3 unspecified atom stereocenters. The van der Waals surface area contributed by atoms with Crippen molar-refractivity contribution in [2.24, 2.45) is 17.8 Å². The van der Waals surface area contributed by atoms with E-state index in [1.54, 1.807) is 0 Å². The van der Waals surface area contributed by atoms with Crippen molar-refractivity contribution >= 4 is 11.6 Å². The molecule has 3 aliphatic rings. The summed E-state index contributed by atoms with van der Waals surface area (Å²) in [4.78, 5) is 11.3. The minimum absolute atomic E-state index is 0.0555. The summed E-state index contributed by atoms with van der Waals surface area (Å²) < 4.78 is 0. The highest BCUT2D eigenvalue weighted by atomic mass is 16.3. The number of rotatable bonds is 2. The highest BCUT2D eigenvalue weighted by molar-refractivity contribution is 5.99. The molecule has 1 aromatic rings. The zero-order valence-electron chi connectivity index (χ0n) is 10.2. The zero-order valence-corrected chi connectivity index (χ0v) is 10.2. The molecular formula is C15H17NO2. The number of hydrogen-bond acceptors (Lipinski definition) is 2. The molecule has 94 valence electrons. The molecule has 3 atom stereocenters. The number of nitrogens with one attached hydrogen (secondary N) is 1. The summed E-state index contributed by atoms with van der Waals surface area (Å²) in [7, 11) is 0. The van der Waals surface area contributed by atoms with Gasteiger partial charge in [0.15, 0.2) is 0 Å². The van der Waals surface area contributed by atoms with Gasteiger partial charge in [-0.2, -0.15) is 0 Å². The van der Waals surface area contributed by atoms with E-state index in [1.807, 2.05) is 18.2 Å². The first kappa shape index (κ1) is 10.6. The summed E-state index contributed by atoms with van der Waals surface area (Å²) in [6.45, 7) is 0. The molecule has 3 nitrogen and oxygen atoms in total. The van der Waals surface area contributed by atoms with E-state index < -0.39 is 0 Å². The van der Waals surface area contributed by atoms with Crippen molar-refractivity contribution in [3.05, 3.63) is 29.3 Å². The highest BCUT2D eigenvalue weighted by Crippen LogP contribution is 2.62. The standard InChI is InChI=1S/C15H17NO2/c17-13-7-9-6-8(4-5-12(9)16-13)15(18)14-10-2-1-3-11(10)14/h4-6,10-11,14-15,18H,1-3,7H2,(H,16,17). The second kappa shape index (κ2) is 3.58. The minimum Gasteiger partial charge on any atom is -0.388 e. The quantitative estimate of drug-likeness (QED) is 0.837. The Kier molecular flexibility index (Phi) is 2.10. The van der Waals surface area contributed by atoms with Crippen LogP contribution in [0.2, 0.25) is 0 Å². The van der Waals surface area contributed by atoms with Crippen LogP contribution in [-0.2, 0) is 11.2 Å². The molecule has 2 saturated carbocycles. The molecule has 2 aliphatic carbocycles. The van der Waals surface area contributed by atoms with Crippen LogP contribution < -0.4 is 5.32 Å². The average Bonchev–Trinajstić information content (AvgIpc) is 2.74. The molecule has 3 heteroatoms. The predicted octanol–water partition coefficient (Wildman–Crippen LogP) is 2.26. The van der Waals surface area contributed by atoms with Gasteiger partial charge in [-0.25, -0.2) is 0 Å². The van der Waals surface area contributed by atoms with Crippen LogP contribution in [0.1, 0.15) is 36.5 Å². The third-order valence-corrected chi connectivity index (χ3v) is 4.93. The molecule has 0 saturated heterocycles. The number of amides is 1. The molecule has 0 bridgehead atoms. The fraction of sp³-hybridized carbons (Fsp3) is 0.533. The van der Waals surface area contributed by atoms with Crippen LogP contribution in [0.5, 0.6) is 0 Å². The van der Waals surface area contributed by atoms with E-state index >= 15 is 0 Å². The van der Waals surface area contributed by atoms with Gasteiger partial charge in [-0.3, -0.25) is 4.79 Å². The first-order valence-corrected chi connectivity index (χ1v) is 6.85. The van der Waals surface area contributed by atoms with Gasteiger partial charge in [0.1, 0.15) is 0 Å². The molecule has 0 radical (unpaired) electrons. The van der Waals surface area contributed by atoms with Crippen molar-refractivity contribution in [3.8, 4) is 0 Å². The highest BCUT2D eigenvalue weighted by Gasteiger charge is 2.55. The fourth-order valence-corrected chi connectivity index (χ4v) is 4.00. The first-order valence-electron chi connectivity index (χ1n) is 6.85. The van der Waals surface area contributed by atoms with Crippen molar-refractivity contribution in [2.75, 3.05) is 5.32 Å². The van der Waals surface area contributed by atoms with Crippen molar-refractivity contribution in [1.82, 2.24) is 0 Å². The molecule has 1 heterocycles. The smallest absolute Gasteiger partial charge is 0.228 e.